The molecular weight excluding hydrogens is 506 g/mol. The molecule has 2 aromatic rings. The van der Waals surface area contributed by atoms with Gasteiger partial charge in [0.05, 0.1) is 18.7 Å². The number of hydrogen-bond donors (Lipinski definition) is 3. The van der Waals surface area contributed by atoms with Gasteiger partial charge in [0, 0.05) is 31.7 Å². The minimum atomic E-state index is -4.53. The van der Waals surface area contributed by atoms with Crippen LogP contribution in [0.4, 0.5) is 29.2 Å². The number of aliphatic hydroxyl groups is 1. The second-order valence-corrected chi connectivity index (χ2v) is 9.79. The first kappa shape index (κ1) is 29.5. The van der Waals surface area contributed by atoms with Gasteiger partial charge in [-0.15, -0.1) is 0 Å². The molecule has 1 amide bonds. The van der Waals surface area contributed by atoms with E-state index in [-0.39, 0.29) is 57.5 Å². The van der Waals surface area contributed by atoms with Gasteiger partial charge in [0.25, 0.3) is 0 Å². The van der Waals surface area contributed by atoms with Crippen molar-refractivity contribution in [1.29, 1.82) is 0 Å². The van der Waals surface area contributed by atoms with E-state index in [0.717, 1.165) is 12.5 Å². The highest BCUT2D eigenvalue weighted by Crippen LogP contribution is 2.57. The Bertz CT molecular complexity index is 1120. The number of amides is 1. The van der Waals surface area contributed by atoms with Crippen molar-refractivity contribution in [2.24, 2.45) is 23.5 Å². The largest absolute Gasteiger partial charge is 0.433 e. The van der Waals surface area contributed by atoms with Gasteiger partial charge < -0.3 is 21.1 Å². The molecule has 5 rings (SSSR count). The molecule has 38 heavy (non-hydrogen) atoms. The maximum Gasteiger partial charge on any atom is 0.433 e. The second kappa shape index (κ2) is 11.4. The lowest BCUT2D eigenvalue weighted by Gasteiger charge is -2.35. The fourth-order valence-electron chi connectivity index (χ4n) is 5.42. The number of halogens is 4. The number of β-amino-alcohol motifs (C(OH)–C–C–N with tert-alkyl or cyclic N) is 1. The number of piperidine rings is 2. The van der Waals surface area contributed by atoms with Gasteiger partial charge in [0.2, 0.25) is 11.7 Å². The number of likely N-dealkylation sites (tertiary alicyclic amines) is 1. The lowest BCUT2D eigenvalue weighted by Crippen LogP contribution is -2.48. The number of carbonyl (C=O) groups is 1. The van der Waals surface area contributed by atoms with E-state index in [1.54, 1.807) is 9.80 Å². The minimum absolute atomic E-state index is 0. The van der Waals surface area contributed by atoms with E-state index in [2.05, 4.69) is 20.3 Å². The summed E-state index contributed by atoms with van der Waals surface area (Å²) in [6.07, 6.45) is -1.26. The number of pyridine rings is 1. The monoisotopic (exact) mass is 541 g/mol. The smallest absolute Gasteiger partial charge is 0.391 e. The molecule has 3 unspecified atom stereocenters. The fraction of sp³-hybridized carbons (Fsp3) is 0.600. The zero-order valence-corrected chi connectivity index (χ0v) is 19.3. The van der Waals surface area contributed by atoms with Crippen LogP contribution in [0, 0.1) is 23.6 Å². The Kier molecular flexibility index (Phi) is 8.82. The number of hydrogen-bond acceptors (Lipinski definition) is 8. The van der Waals surface area contributed by atoms with Gasteiger partial charge in [-0.2, -0.15) is 17.6 Å². The van der Waals surface area contributed by atoms with E-state index in [1.807, 2.05) is 0 Å². The van der Waals surface area contributed by atoms with Gasteiger partial charge in [-0.1, -0.05) is 20.9 Å². The van der Waals surface area contributed by atoms with Gasteiger partial charge in [-0.3, -0.25) is 14.7 Å². The third-order valence-corrected chi connectivity index (χ3v) is 7.33. The molecule has 4 heterocycles. The highest BCUT2D eigenvalue weighted by atomic mass is 19.4. The van der Waals surface area contributed by atoms with Crippen LogP contribution in [-0.4, -0.2) is 69.7 Å². The fourth-order valence-corrected chi connectivity index (χ4v) is 5.42. The number of aromatic nitrogens is 3. The van der Waals surface area contributed by atoms with Crippen LogP contribution in [0.3, 0.4) is 0 Å². The Hall–Kier alpha value is -3.06. The average Bonchev–Trinajstić information content (AvgIpc) is 3.48. The molecule has 0 aromatic carbocycles. The Morgan fingerprint density at radius 3 is 2.58 bits per heavy atom. The van der Waals surface area contributed by atoms with Crippen molar-refractivity contribution in [3.8, 4) is 0 Å². The van der Waals surface area contributed by atoms with Gasteiger partial charge in [0.15, 0.2) is 11.6 Å². The van der Waals surface area contributed by atoms with Crippen molar-refractivity contribution in [3.63, 3.8) is 0 Å². The molecule has 0 bridgehead atoms. The maximum absolute atomic E-state index is 15.5. The molecule has 0 spiro atoms. The number of nitrogens with one attached hydrogen (secondary N) is 1. The molecule has 2 aromatic heterocycles. The van der Waals surface area contributed by atoms with Crippen molar-refractivity contribution < 1.29 is 27.5 Å². The summed E-state index contributed by atoms with van der Waals surface area (Å²) in [6.45, 7) is 1.78. The number of alkyl halides is 3. The maximum atomic E-state index is 15.5. The van der Waals surface area contributed by atoms with E-state index in [4.69, 9.17) is 5.73 Å². The number of nitrogens with zero attached hydrogens (tertiary/aromatic N) is 5. The van der Waals surface area contributed by atoms with Gasteiger partial charge in [-0.25, -0.2) is 9.97 Å². The molecule has 5 atom stereocenters. The van der Waals surface area contributed by atoms with Crippen LogP contribution in [0.25, 0.3) is 0 Å². The molecule has 13 heteroatoms. The summed E-state index contributed by atoms with van der Waals surface area (Å²) in [4.78, 5) is 26.4. The van der Waals surface area contributed by atoms with Crippen molar-refractivity contribution in [1.82, 2.24) is 19.9 Å². The first-order valence-electron chi connectivity index (χ1n) is 11.8. The van der Waals surface area contributed by atoms with Crippen LogP contribution in [0.2, 0.25) is 0 Å². The van der Waals surface area contributed by atoms with E-state index >= 15 is 4.39 Å². The van der Waals surface area contributed by atoms with Crippen molar-refractivity contribution in [2.75, 3.05) is 42.9 Å². The number of carbonyl (C=O) groups excluding carboxylic acids is 1. The first-order chi connectivity index (χ1) is 17.1. The van der Waals surface area contributed by atoms with Crippen LogP contribution >= 0.6 is 0 Å². The van der Waals surface area contributed by atoms with Gasteiger partial charge >= 0.3 is 6.18 Å². The summed E-state index contributed by atoms with van der Waals surface area (Å²) in [5, 5.41) is 13.4. The summed E-state index contributed by atoms with van der Waals surface area (Å²) in [7, 11) is 0. The van der Waals surface area contributed by atoms with Gasteiger partial charge in [0.1, 0.15) is 12.0 Å². The number of nitrogens with two attached hydrogens (primary N) is 1. The number of primary amides is 1. The zero-order valence-electron chi connectivity index (χ0n) is 19.3. The van der Waals surface area contributed by atoms with E-state index < -0.39 is 29.7 Å². The van der Waals surface area contributed by atoms with E-state index in [0.29, 0.717) is 37.5 Å². The lowest BCUT2D eigenvalue weighted by molar-refractivity contribution is -0.141. The van der Waals surface area contributed by atoms with Crippen LogP contribution in [0.5, 0.6) is 0 Å². The molecule has 9 nitrogen and oxygen atoms in total. The number of fused-ring (bicyclic) bond motifs is 1. The molecule has 4 N–H and O–H groups in total. The quantitative estimate of drug-likeness (QED) is 0.458. The molecule has 2 aliphatic heterocycles. The molecule has 1 aliphatic carbocycles. The summed E-state index contributed by atoms with van der Waals surface area (Å²) in [6, 6.07) is 2.03. The van der Waals surface area contributed by atoms with Crippen molar-refractivity contribution in [2.45, 2.75) is 46.0 Å². The summed E-state index contributed by atoms with van der Waals surface area (Å²) >= 11 is 0. The molecule has 2 saturated heterocycles. The topological polar surface area (TPSA) is 120 Å². The van der Waals surface area contributed by atoms with Crippen molar-refractivity contribution >= 4 is 17.5 Å². The third kappa shape index (κ3) is 5.98. The number of anilines is 2. The average molecular weight is 542 g/mol. The summed E-state index contributed by atoms with van der Waals surface area (Å²) in [5.41, 5.74) is 4.84. The SMILES string of the molecule is C.C.NC(=O)CN1CC[C@@H](CNc2ncnc(N3CC4CC4C3c3ccc(C(F)(F)F)nc3)c2F)[C@H](O)C1. The molecule has 1 saturated carbocycles. The number of aliphatic hydroxyl groups excluding tert-OH is 1. The lowest BCUT2D eigenvalue weighted by atomic mass is 9.93. The van der Waals surface area contributed by atoms with E-state index in [1.165, 1.54) is 18.6 Å². The van der Waals surface area contributed by atoms with Crippen molar-refractivity contribution in [3.05, 3.63) is 41.7 Å². The van der Waals surface area contributed by atoms with Gasteiger partial charge in [-0.05, 0) is 42.9 Å². The van der Waals surface area contributed by atoms with E-state index in [9.17, 15) is 23.1 Å². The Labute approximate surface area is 219 Å². The molecule has 3 aliphatic rings. The summed E-state index contributed by atoms with van der Waals surface area (Å²) < 4.78 is 54.3. The van der Waals surface area contributed by atoms with Crippen LogP contribution in [-0.2, 0) is 11.0 Å². The second-order valence-electron chi connectivity index (χ2n) is 9.79. The highest BCUT2D eigenvalue weighted by Gasteiger charge is 2.54. The predicted molar refractivity (Wildman–Crippen MR) is 135 cm³/mol. The van der Waals surface area contributed by atoms with Crippen LogP contribution < -0.4 is 16.0 Å². The third-order valence-electron chi connectivity index (χ3n) is 7.33. The normalized spacial score (nSPS) is 26.7. The standard InChI is InChI=1S/C23H27F4N7O2.2CH4/c24-19-21(30-6-12-3-4-33(9-16(12)35)10-18(28)36)31-11-32-22(19)34-8-14-5-15(14)20(34)13-1-2-17(29-7-13)23(25,26)27;;/h1-2,7,11-12,14-16,20,35H,3-6,8-10H2,(H2,28,36)(H,30,31,32);2*1H4/t12-,14?,15?,16+,20?;;/m0../s1. The highest BCUT2D eigenvalue weighted by molar-refractivity contribution is 5.75. The summed E-state index contributed by atoms with van der Waals surface area (Å²) in [5.74, 6) is -0.669. The van der Waals surface area contributed by atoms with Crippen LogP contribution in [0.1, 0.15) is 45.0 Å². The zero-order chi connectivity index (χ0) is 25.6. The first-order valence-corrected chi connectivity index (χ1v) is 11.8. The molecule has 0 radical (unpaired) electrons. The Morgan fingerprint density at radius 1 is 1.18 bits per heavy atom. The Balaban J connectivity index is 0.00000200. The predicted octanol–water partition coefficient (Wildman–Crippen LogP) is 3.08. The molecule has 3 fully saturated rings. The Morgan fingerprint density at radius 2 is 1.95 bits per heavy atom. The minimum Gasteiger partial charge on any atom is -0.391 e. The molecule has 210 valence electrons. The molecular formula is C25H35F4N7O2. The van der Waals surface area contributed by atoms with Crippen LogP contribution in [0.15, 0.2) is 24.7 Å². The number of rotatable bonds is 7.